The Labute approximate surface area is 407 Å². The summed E-state index contributed by atoms with van der Waals surface area (Å²) in [7, 11) is 0. The number of pyridine rings is 1. The first-order chi connectivity index (χ1) is 31.0. The van der Waals surface area contributed by atoms with Gasteiger partial charge in [0.15, 0.2) is 0 Å². The maximum Gasteiger partial charge on any atom is 0.395 e. The van der Waals surface area contributed by atoms with Crippen LogP contribution in [-0.4, -0.2) is 9.55 Å². The molecule has 3 heterocycles. The van der Waals surface area contributed by atoms with Gasteiger partial charge in [-0.1, -0.05) is 121 Å². The number of para-hydroxylation sites is 1. The zero-order chi connectivity index (χ0) is 47.2. The number of fused-ring (bicyclic) bond motifs is 4. The third-order valence-corrected chi connectivity index (χ3v) is 12.7. The van der Waals surface area contributed by atoms with Crippen LogP contribution in [0.4, 0.5) is 35.9 Å². The molecule has 0 radical (unpaired) electrons. The summed E-state index contributed by atoms with van der Waals surface area (Å²) in [6.45, 7) is 28.3. The van der Waals surface area contributed by atoms with Gasteiger partial charge >= 0.3 is 6.18 Å². The van der Waals surface area contributed by atoms with E-state index in [0.717, 1.165) is 50.9 Å². The van der Waals surface area contributed by atoms with Gasteiger partial charge in [0.25, 0.3) is 0 Å². The standard InChI is InChI=1S/C58H56F3N4O.Pt/c1-35-24-36(2)53(37(3)25-35)38-22-23-62-52(26-38)65-48-19-14-13-18-46(48)54-47(58(59,60)61)32-45(33-51(54)65)66-44-17-15-16-42(31-44)63-34-64(50-30-39(55(4,5)6)20-21-49(50)63)43-28-40(56(7,8)9)27-41(29-43)57(10,11)12;/h13-30,32,34H,1-12H3;/q-3;. The SMILES string of the molecule is Cc1cc(C)c(-c2ccnc(-n3c4[c-]c(Oc5[c-]c(N6[CH-]N(c7cc(C(C)(C)C)cc(C(C)(C)C)c7)c7cc(C(C)(C)C)ccc76)ccc5)cc(C(F)(F)F)c4c4ccccc43)c2)c(C)c1.[Pt]. The summed E-state index contributed by atoms with van der Waals surface area (Å²) < 4.78 is 54.2. The van der Waals surface area contributed by atoms with Crippen LogP contribution >= 0.6 is 0 Å². The molecule has 0 atom stereocenters. The van der Waals surface area contributed by atoms with Crippen molar-refractivity contribution >= 4 is 44.6 Å². The topological polar surface area (TPSA) is 33.5 Å². The average molecular weight is 1080 g/mol. The van der Waals surface area contributed by atoms with Crippen LogP contribution in [0.25, 0.3) is 38.8 Å². The van der Waals surface area contributed by atoms with Gasteiger partial charge < -0.3 is 19.1 Å². The van der Waals surface area contributed by atoms with Crippen molar-refractivity contribution < 1.29 is 39.0 Å². The maximum absolute atomic E-state index is 15.3. The molecule has 1 aliphatic rings. The molecular weight excluding hydrogens is 1020 g/mol. The van der Waals surface area contributed by atoms with Crippen molar-refractivity contribution in [3.63, 3.8) is 0 Å². The second-order valence-electron chi connectivity index (χ2n) is 20.9. The van der Waals surface area contributed by atoms with Crippen LogP contribution in [0.3, 0.4) is 0 Å². The monoisotopic (exact) mass is 1080 g/mol. The van der Waals surface area contributed by atoms with E-state index in [-0.39, 0.29) is 59.7 Å². The van der Waals surface area contributed by atoms with Crippen LogP contribution in [0, 0.1) is 39.6 Å². The molecule has 0 unspecified atom stereocenters. The van der Waals surface area contributed by atoms with Gasteiger partial charge in [-0.05, 0) is 129 Å². The molecule has 0 amide bonds. The Kier molecular flexibility index (Phi) is 12.1. The van der Waals surface area contributed by atoms with Crippen molar-refractivity contribution in [2.24, 2.45) is 0 Å². The van der Waals surface area contributed by atoms with Crippen molar-refractivity contribution in [1.29, 1.82) is 0 Å². The van der Waals surface area contributed by atoms with Crippen LogP contribution in [0.2, 0.25) is 0 Å². The summed E-state index contributed by atoms with van der Waals surface area (Å²) in [5, 5.41) is 0.470. The summed E-state index contributed by atoms with van der Waals surface area (Å²) in [5.41, 5.74) is 12.3. The molecule has 9 rings (SSSR count). The Bertz CT molecular complexity index is 3140. The van der Waals surface area contributed by atoms with Gasteiger partial charge in [0.2, 0.25) is 0 Å². The van der Waals surface area contributed by atoms with Gasteiger partial charge in [0.1, 0.15) is 5.82 Å². The van der Waals surface area contributed by atoms with E-state index in [2.05, 4.69) is 160 Å². The van der Waals surface area contributed by atoms with E-state index in [9.17, 15) is 0 Å². The Morgan fingerprint density at radius 1 is 0.612 bits per heavy atom. The number of alkyl halides is 3. The van der Waals surface area contributed by atoms with Crippen molar-refractivity contribution in [2.75, 3.05) is 9.80 Å². The third-order valence-electron chi connectivity index (χ3n) is 12.7. The number of hydrogen-bond donors (Lipinski definition) is 0. The van der Waals surface area contributed by atoms with Gasteiger partial charge in [-0.3, -0.25) is 0 Å². The van der Waals surface area contributed by atoms with E-state index in [4.69, 9.17) is 9.72 Å². The smallest absolute Gasteiger partial charge is 0.395 e. The van der Waals surface area contributed by atoms with E-state index >= 15 is 13.2 Å². The van der Waals surface area contributed by atoms with Crippen molar-refractivity contribution in [2.45, 2.75) is 106 Å². The molecule has 5 nitrogen and oxygen atoms in total. The van der Waals surface area contributed by atoms with E-state index in [1.165, 1.54) is 16.7 Å². The second-order valence-corrected chi connectivity index (χ2v) is 20.9. The summed E-state index contributed by atoms with van der Waals surface area (Å²) in [6, 6.07) is 41.9. The first kappa shape index (κ1) is 47.6. The normalized spacial score (nSPS) is 13.4. The molecule has 0 bridgehead atoms. The van der Waals surface area contributed by atoms with Crippen LogP contribution in [0.15, 0.2) is 115 Å². The molecule has 67 heavy (non-hydrogen) atoms. The Balaban J connectivity index is 0.00000608. The summed E-state index contributed by atoms with van der Waals surface area (Å²) in [6.07, 6.45) is -3.00. The molecule has 6 aromatic carbocycles. The van der Waals surface area contributed by atoms with E-state index in [1.807, 2.05) is 36.4 Å². The van der Waals surface area contributed by atoms with Crippen molar-refractivity contribution in [3.8, 4) is 28.4 Å². The fourth-order valence-corrected chi connectivity index (χ4v) is 9.23. The van der Waals surface area contributed by atoms with Gasteiger partial charge in [-0.25, -0.2) is 4.98 Å². The minimum atomic E-state index is -4.71. The number of hydrogen-bond acceptors (Lipinski definition) is 4. The number of rotatable bonds is 6. The Morgan fingerprint density at radius 3 is 1.91 bits per heavy atom. The molecule has 8 aromatic rings. The van der Waals surface area contributed by atoms with Crippen molar-refractivity contribution in [3.05, 3.63) is 173 Å². The molecule has 0 spiro atoms. The number of anilines is 4. The zero-order valence-electron chi connectivity index (χ0n) is 40.2. The van der Waals surface area contributed by atoms with Gasteiger partial charge in [0.05, 0.1) is 0 Å². The van der Waals surface area contributed by atoms with Crippen LogP contribution in [0.1, 0.15) is 101 Å². The molecule has 2 aromatic heterocycles. The fourth-order valence-electron chi connectivity index (χ4n) is 9.23. The summed E-state index contributed by atoms with van der Waals surface area (Å²) in [4.78, 5) is 9.05. The number of aryl methyl sites for hydroxylation is 3. The second kappa shape index (κ2) is 17.0. The first-order valence-corrected chi connectivity index (χ1v) is 22.5. The van der Waals surface area contributed by atoms with Gasteiger partial charge in [0, 0.05) is 61.3 Å². The molecule has 0 aliphatic carbocycles. The summed E-state index contributed by atoms with van der Waals surface area (Å²) in [5.74, 6) is 0.622. The Morgan fingerprint density at radius 2 is 1.27 bits per heavy atom. The largest absolute Gasteiger partial charge is 0.509 e. The molecule has 0 saturated heterocycles. The Hall–Kier alpha value is -5.85. The van der Waals surface area contributed by atoms with Crippen LogP contribution in [0.5, 0.6) is 11.5 Å². The molecule has 9 heteroatoms. The van der Waals surface area contributed by atoms with E-state index < -0.39 is 11.7 Å². The molecular formula is C58H56F3N4OPt-3. The molecule has 0 N–H and O–H groups in total. The zero-order valence-corrected chi connectivity index (χ0v) is 42.5. The van der Waals surface area contributed by atoms with E-state index in [1.54, 1.807) is 29.0 Å². The number of aromatic nitrogens is 2. The minimum Gasteiger partial charge on any atom is -0.509 e. The van der Waals surface area contributed by atoms with E-state index in [0.29, 0.717) is 22.4 Å². The van der Waals surface area contributed by atoms with Crippen molar-refractivity contribution in [1.82, 2.24) is 9.55 Å². The van der Waals surface area contributed by atoms with Gasteiger partial charge in [-0.2, -0.15) is 19.2 Å². The van der Waals surface area contributed by atoms with Gasteiger partial charge in [-0.15, -0.1) is 42.7 Å². The van der Waals surface area contributed by atoms with Crippen LogP contribution < -0.4 is 14.5 Å². The molecule has 1 aliphatic heterocycles. The predicted molar refractivity (Wildman–Crippen MR) is 265 cm³/mol. The maximum atomic E-state index is 15.3. The molecule has 348 valence electrons. The molecule has 0 saturated carbocycles. The third kappa shape index (κ3) is 9.02. The summed E-state index contributed by atoms with van der Waals surface area (Å²) >= 11 is 0. The fraction of sp³-hybridized carbons (Fsp3) is 0.276. The first-order valence-electron chi connectivity index (χ1n) is 22.5. The number of nitrogens with zero attached hydrogens (tertiary/aromatic N) is 4. The number of ether oxygens (including phenoxy) is 1. The number of benzene rings is 6. The predicted octanol–water partition coefficient (Wildman–Crippen LogP) is 16.5. The average Bonchev–Trinajstić information content (AvgIpc) is 3.78. The van der Waals surface area contributed by atoms with Crippen LogP contribution in [-0.2, 0) is 43.5 Å². The quantitative estimate of drug-likeness (QED) is 0.155. The molecule has 0 fully saturated rings. The minimum absolute atomic E-state index is 0. The number of halogens is 3.